The second kappa shape index (κ2) is 4.41. The van der Waals surface area contributed by atoms with E-state index in [-0.39, 0.29) is 11.4 Å². The molecule has 1 saturated heterocycles. The van der Waals surface area contributed by atoms with E-state index in [1.54, 1.807) is 12.1 Å². The first-order valence-electron chi connectivity index (χ1n) is 7.20. The van der Waals surface area contributed by atoms with E-state index in [2.05, 4.69) is 25.7 Å². The SMILES string of the molecule is CC1CCN(C2CC(C)(C)Oc3cc(O)ccc32)C1. The first kappa shape index (κ1) is 12.8. The highest BCUT2D eigenvalue weighted by molar-refractivity contribution is 5.44. The number of phenolic OH excluding ortho intramolecular Hbond substituents is 1. The van der Waals surface area contributed by atoms with Crippen LogP contribution in [0.5, 0.6) is 11.5 Å². The maximum absolute atomic E-state index is 9.66. The predicted molar refractivity (Wildman–Crippen MR) is 75.5 cm³/mol. The van der Waals surface area contributed by atoms with E-state index in [0.29, 0.717) is 6.04 Å². The van der Waals surface area contributed by atoms with Crippen LogP contribution < -0.4 is 4.74 Å². The van der Waals surface area contributed by atoms with Crippen LogP contribution in [0, 0.1) is 5.92 Å². The highest BCUT2D eigenvalue weighted by Crippen LogP contribution is 2.45. The molecule has 3 heteroatoms. The first-order valence-corrected chi connectivity index (χ1v) is 7.20. The third-order valence-corrected chi connectivity index (χ3v) is 4.32. The normalized spacial score (nSPS) is 29.8. The largest absolute Gasteiger partial charge is 0.508 e. The van der Waals surface area contributed by atoms with Crippen molar-refractivity contribution in [1.29, 1.82) is 0 Å². The van der Waals surface area contributed by atoms with Crippen molar-refractivity contribution in [2.45, 2.75) is 45.3 Å². The Hall–Kier alpha value is -1.22. The highest BCUT2D eigenvalue weighted by Gasteiger charge is 2.38. The lowest BCUT2D eigenvalue weighted by atomic mass is 9.88. The molecule has 104 valence electrons. The van der Waals surface area contributed by atoms with Crippen molar-refractivity contribution in [3.05, 3.63) is 23.8 Å². The molecular formula is C16H23NO2. The van der Waals surface area contributed by atoms with E-state index in [1.165, 1.54) is 25.1 Å². The van der Waals surface area contributed by atoms with Gasteiger partial charge in [-0.05, 0) is 38.8 Å². The third-order valence-electron chi connectivity index (χ3n) is 4.32. The summed E-state index contributed by atoms with van der Waals surface area (Å²) in [6.45, 7) is 8.92. The van der Waals surface area contributed by atoms with E-state index >= 15 is 0 Å². The summed E-state index contributed by atoms with van der Waals surface area (Å²) < 4.78 is 6.03. The molecule has 0 radical (unpaired) electrons. The van der Waals surface area contributed by atoms with Gasteiger partial charge in [0, 0.05) is 30.6 Å². The number of ether oxygens (including phenoxy) is 1. The van der Waals surface area contributed by atoms with E-state index < -0.39 is 0 Å². The van der Waals surface area contributed by atoms with Crippen LogP contribution in [-0.2, 0) is 0 Å². The molecule has 2 aliphatic heterocycles. The van der Waals surface area contributed by atoms with Gasteiger partial charge in [0.1, 0.15) is 17.1 Å². The summed E-state index contributed by atoms with van der Waals surface area (Å²) in [7, 11) is 0. The summed E-state index contributed by atoms with van der Waals surface area (Å²) in [5.74, 6) is 1.91. The van der Waals surface area contributed by atoms with Gasteiger partial charge in [0.05, 0.1) is 0 Å². The molecule has 0 spiro atoms. The van der Waals surface area contributed by atoms with Gasteiger partial charge >= 0.3 is 0 Å². The van der Waals surface area contributed by atoms with Gasteiger partial charge in [-0.1, -0.05) is 13.0 Å². The van der Waals surface area contributed by atoms with Gasteiger partial charge in [-0.25, -0.2) is 0 Å². The zero-order chi connectivity index (χ0) is 13.6. The molecule has 0 bridgehead atoms. The molecular weight excluding hydrogens is 238 g/mol. The highest BCUT2D eigenvalue weighted by atomic mass is 16.5. The third kappa shape index (κ3) is 2.44. The second-order valence-corrected chi connectivity index (χ2v) is 6.69. The van der Waals surface area contributed by atoms with E-state index in [0.717, 1.165) is 18.1 Å². The summed E-state index contributed by atoms with van der Waals surface area (Å²) in [4.78, 5) is 2.57. The van der Waals surface area contributed by atoms with Gasteiger partial charge in [-0.3, -0.25) is 4.90 Å². The van der Waals surface area contributed by atoms with Gasteiger partial charge < -0.3 is 9.84 Å². The molecule has 19 heavy (non-hydrogen) atoms. The molecule has 3 rings (SSSR count). The minimum atomic E-state index is -0.169. The summed E-state index contributed by atoms with van der Waals surface area (Å²) in [5.41, 5.74) is 1.06. The maximum atomic E-state index is 9.66. The van der Waals surface area contributed by atoms with Crippen LogP contribution in [-0.4, -0.2) is 28.7 Å². The zero-order valence-corrected chi connectivity index (χ0v) is 12.0. The molecule has 2 heterocycles. The second-order valence-electron chi connectivity index (χ2n) is 6.69. The Kier molecular flexibility index (Phi) is 2.97. The van der Waals surface area contributed by atoms with Crippen molar-refractivity contribution in [2.24, 2.45) is 5.92 Å². The Morgan fingerprint density at radius 3 is 2.84 bits per heavy atom. The molecule has 1 aromatic carbocycles. The minimum absolute atomic E-state index is 0.169. The van der Waals surface area contributed by atoms with Crippen LogP contribution in [0.2, 0.25) is 0 Å². The Morgan fingerprint density at radius 1 is 1.37 bits per heavy atom. The fraction of sp³-hybridized carbons (Fsp3) is 0.625. The summed E-state index contributed by atoms with van der Waals surface area (Å²) >= 11 is 0. The minimum Gasteiger partial charge on any atom is -0.508 e. The van der Waals surface area contributed by atoms with Crippen LogP contribution in [0.15, 0.2) is 18.2 Å². The number of aromatic hydroxyl groups is 1. The number of nitrogens with zero attached hydrogens (tertiary/aromatic N) is 1. The number of likely N-dealkylation sites (tertiary alicyclic amines) is 1. The molecule has 0 saturated carbocycles. The molecule has 1 aromatic rings. The lowest BCUT2D eigenvalue weighted by molar-refractivity contribution is 0.0356. The van der Waals surface area contributed by atoms with E-state index in [1.807, 2.05) is 6.07 Å². The monoisotopic (exact) mass is 261 g/mol. The van der Waals surface area contributed by atoms with Crippen molar-refractivity contribution in [1.82, 2.24) is 4.90 Å². The molecule has 2 unspecified atom stereocenters. The van der Waals surface area contributed by atoms with Crippen LogP contribution >= 0.6 is 0 Å². The van der Waals surface area contributed by atoms with Crippen molar-refractivity contribution in [3.63, 3.8) is 0 Å². The lowest BCUT2D eigenvalue weighted by Crippen LogP contribution is -2.40. The topological polar surface area (TPSA) is 32.7 Å². The summed E-state index contributed by atoms with van der Waals surface area (Å²) in [6, 6.07) is 5.97. The Balaban J connectivity index is 1.96. The lowest BCUT2D eigenvalue weighted by Gasteiger charge is -2.41. The van der Waals surface area contributed by atoms with Gasteiger partial charge in [-0.2, -0.15) is 0 Å². The number of fused-ring (bicyclic) bond motifs is 1. The molecule has 1 N–H and O–H groups in total. The van der Waals surface area contributed by atoms with Gasteiger partial charge in [0.2, 0.25) is 0 Å². The van der Waals surface area contributed by atoms with Crippen molar-refractivity contribution in [3.8, 4) is 11.5 Å². The number of hydrogen-bond acceptors (Lipinski definition) is 3. The average molecular weight is 261 g/mol. The fourth-order valence-electron chi connectivity index (χ4n) is 3.38. The first-order chi connectivity index (χ1) is 8.94. The molecule has 3 nitrogen and oxygen atoms in total. The number of benzene rings is 1. The summed E-state index contributed by atoms with van der Waals surface area (Å²) in [6.07, 6.45) is 2.29. The molecule has 0 aromatic heterocycles. The zero-order valence-electron chi connectivity index (χ0n) is 12.0. The number of hydrogen-bond donors (Lipinski definition) is 1. The van der Waals surface area contributed by atoms with Crippen LogP contribution in [0.3, 0.4) is 0 Å². The number of rotatable bonds is 1. The molecule has 2 atom stereocenters. The quantitative estimate of drug-likeness (QED) is 0.841. The van der Waals surface area contributed by atoms with Crippen LogP contribution in [0.1, 0.15) is 45.2 Å². The fourth-order valence-corrected chi connectivity index (χ4v) is 3.38. The Labute approximate surface area is 115 Å². The standard InChI is InChI=1S/C16H23NO2/c1-11-6-7-17(10-11)14-9-16(2,3)19-15-8-12(18)4-5-13(14)15/h4-5,8,11,14,18H,6-7,9-10H2,1-3H3. The molecule has 1 fully saturated rings. The van der Waals surface area contributed by atoms with Crippen molar-refractivity contribution < 1.29 is 9.84 Å². The van der Waals surface area contributed by atoms with Crippen molar-refractivity contribution >= 4 is 0 Å². The summed E-state index contributed by atoms with van der Waals surface area (Å²) in [5, 5.41) is 9.66. The average Bonchev–Trinajstić information content (AvgIpc) is 2.73. The van der Waals surface area contributed by atoms with Crippen LogP contribution in [0.25, 0.3) is 0 Å². The van der Waals surface area contributed by atoms with Gasteiger partial charge in [0.15, 0.2) is 0 Å². The van der Waals surface area contributed by atoms with E-state index in [4.69, 9.17) is 4.74 Å². The Bertz CT molecular complexity index is 484. The molecule has 2 aliphatic rings. The molecule has 0 aliphatic carbocycles. The predicted octanol–water partition coefficient (Wildman–Crippen LogP) is 3.34. The smallest absolute Gasteiger partial charge is 0.128 e. The van der Waals surface area contributed by atoms with E-state index in [9.17, 15) is 5.11 Å². The van der Waals surface area contributed by atoms with Gasteiger partial charge in [-0.15, -0.1) is 0 Å². The van der Waals surface area contributed by atoms with Crippen molar-refractivity contribution in [2.75, 3.05) is 13.1 Å². The van der Waals surface area contributed by atoms with Crippen LogP contribution in [0.4, 0.5) is 0 Å². The molecule has 0 amide bonds. The van der Waals surface area contributed by atoms with Gasteiger partial charge in [0.25, 0.3) is 0 Å². The number of phenols is 1. The Morgan fingerprint density at radius 2 is 2.16 bits per heavy atom. The maximum Gasteiger partial charge on any atom is 0.128 e.